The van der Waals surface area contributed by atoms with Gasteiger partial charge >= 0.3 is 0 Å². The first kappa shape index (κ1) is 15.9. The molecule has 108 valence electrons. The van der Waals surface area contributed by atoms with Crippen LogP contribution >= 0.6 is 0 Å². The van der Waals surface area contributed by atoms with E-state index in [0.29, 0.717) is 5.56 Å². The predicted octanol–water partition coefficient (Wildman–Crippen LogP) is -0.218. The first-order valence-corrected chi connectivity index (χ1v) is 8.56. The van der Waals surface area contributed by atoms with E-state index in [1.54, 1.807) is 6.07 Å². The van der Waals surface area contributed by atoms with Gasteiger partial charge in [-0.3, -0.25) is 0 Å². The summed E-state index contributed by atoms with van der Waals surface area (Å²) < 4.78 is 52.6. The average Bonchev–Trinajstić information content (AvgIpc) is 2.35. The van der Waals surface area contributed by atoms with Crippen LogP contribution in [0.1, 0.15) is 12.5 Å². The molecule has 0 aliphatic carbocycles. The van der Waals surface area contributed by atoms with Gasteiger partial charge in [0.05, 0.1) is 12.9 Å². The van der Waals surface area contributed by atoms with Crippen molar-refractivity contribution in [2.24, 2.45) is 5.14 Å². The lowest BCUT2D eigenvalue weighted by molar-refractivity contribution is 0.402. The molecule has 1 rings (SSSR count). The number of hydrogen-bond acceptors (Lipinski definition) is 5. The van der Waals surface area contributed by atoms with Crippen molar-refractivity contribution in [2.45, 2.75) is 18.4 Å². The van der Waals surface area contributed by atoms with Crippen molar-refractivity contribution >= 4 is 20.0 Å². The Balaban J connectivity index is 3.07. The molecule has 0 spiro atoms. The Morgan fingerprint density at radius 1 is 1.26 bits per heavy atom. The summed E-state index contributed by atoms with van der Waals surface area (Å²) in [4.78, 5) is -0.178. The molecule has 0 heterocycles. The van der Waals surface area contributed by atoms with E-state index in [-0.39, 0.29) is 22.9 Å². The zero-order valence-corrected chi connectivity index (χ0v) is 12.2. The van der Waals surface area contributed by atoms with Crippen LogP contribution in [0.3, 0.4) is 0 Å². The topological polar surface area (TPSA) is 116 Å². The molecule has 0 aromatic heterocycles. The molecule has 0 aliphatic heterocycles. The maximum atomic E-state index is 11.4. The van der Waals surface area contributed by atoms with Gasteiger partial charge in [0, 0.05) is 6.54 Å². The van der Waals surface area contributed by atoms with Crippen LogP contribution in [0.5, 0.6) is 5.75 Å². The highest BCUT2D eigenvalue weighted by Crippen LogP contribution is 2.23. The second-order valence-electron chi connectivity index (χ2n) is 3.75. The number of benzene rings is 1. The van der Waals surface area contributed by atoms with Gasteiger partial charge in [0.1, 0.15) is 10.6 Å². The van der Waals surface area contributed by atoms with Crippen molar-refractivity contribution in [3.05, 3.63) is 23.8 Å². The van der Waals surface area contributed by atoms with E-state index in [0.717, 1.165) is 0 Å². The van der Waals surface area contributed by atoms with Crippen LogP contribution in [0.25, 0.3) is 0 Å². The van der Waals surface area contributed by atoms with Crippen LogP contribution in [0.15, 0.2) is 23.1 Å². The van der Waals surface area contributed by atoms with Gasteiger partial charge in [-0.05, 0) is 24.6 Å². The summed E-state index contributed by atoms with van der Waals surface area (Å²) in [6, 6.07) is 4.27. The van der Waals surface area contributed by atoms with Gasteiger partial charge in [0.2, 0.25) is 20.0 Å². The van der Waals surface area contributed by atoms with Crippen LogP contribution < -0.4 is 14.6 Å². The molecule has 0 radical (unpaired) electrons. The van der Waals surface area contributed by atoms with Gasteiger partial charge < -0.3 is 4.74 Å². The number of sulfonamides is 2. The fourth-order valence-corrected chi connectivity index (χ4v) is 2.69. The minimum atomic E-state index is -3.93. The molecule has 1 aromatic carbocycles. The largest absolute Gasteiger partial charge is 0.495 e. The van der Waals surface area contributed by atoms with Crippen LogP contribution in [0.4, 0.5) is 0 Å². The highest BCUT2D eigenvalue weighted by Gasteiger charge is 2.16. The third kappa shape index (κ3) is 4.46. The molecule has 0 atom stereocenters. The number of primary sulfonamides is 1. The second-order valence-corrected chi connectivity index (χ2v) is 7.38. The summed E-state index contributed by atoms with van der Waals surface area (Å²) in [5.41, 5.74) is 0.474. The monoisotopic (exact) mass is 308 g/mol. The SMILES string of the molecule is CCS(=O)(=O)NCc1ccc(OC)c(S(N)(=O)=O)c1. The Hall–Kier alpha value is -1.16. The van der Waals surface area contributed by atoms with Gasteiger partial charge in [-0.2, -0.15) is 0 Å². The van der Waals surface area contributed by atoms with Crippen molar-refractivity contribution in [1.29, 1.82) is 0 Å². The van der Waals surface area contributed by atoms with E-state index in [1.165, 1.54) is 26.2 Å². The number of nitrogens with two attached hydrogens (primary N) is 1. The molecule has 0 bridgehead atoms. The molecule has 7 nitrogen and oxygen atoms in total. The summed E-state index contributed by atoms with van der Waals surface area (Å²) in [5, 5.41) is 5.06. The van der Waals surface area contributed by atoms with Crippen LogP contribution in [0.2, 0.25) is 0 Å². The summed E-state index contributed by atoms with van der Waals surface area (Å²) in [6.07, 6.45) is 0. The molecular formula is C10H16N2O5S2. The van der Waals surface area contributed by atoms with Gasteiger partial charge in [-0.25, -0.2) is 26.7 Å². The van der Waals surface area contributed by atoms with E-state index in [9.17, 15) is 16.8 Å². The fraction of sp³-hybridized carbons (Fsp3) is 0.400. The summed E-state index contributed by atoms with van der Waals surface area (Å²) in [6.45, 7) is 1.49. The minimum absolute atomic E-state index is 0.0112. The Morgan fingerprint density at radius 2 is 1.89 bits per heavy atom. The summed E-state index contributed by atoms with van der Waals surface area (Å²) >= 11 is 0. The first-order valence-electron chi connectivity index (χ1n) is 5.36. The molecule has 1 aromatic rings. The Labute approximate surface area is 112 Å². The Morgan fingerprint density at radius 3 is 2.37 bits per heavy atom. The number of hydrogen-bond donors (Lipinski definition) is 2. The van der Waals surface area contributed by atoms with Crippen LogP contribution in [-0.2, 0) is 26.6 Å². The van der Waals surface area contributed by atoms with Crippen molar-refractivity contribution in [1.82, 2.24) is 4.72 Å². The second kappa shape index (κ2) is 5.87. The first-order chi connectivity index (χ1) is 8.69. The summed E-state index contributed by atoms with van der Waals surface area (Å²) in [5.74, 6) is 0.0650. The maximum absolute atomic E-state index is 11.4. The van der Waals surface area contributed by atoms with E-state index in [2.05, 4.69) is 4.72 Å². The summed E-state index contributed by atoms with van der Waals surface area (Å²) in [7, 11) is -5.95. The lowest BCUT2D eigenvalue weighted by Crippen LogP contribution is -2.25. The Kier molecular flexibility index (Phi) is 4.91. The van der Waals surface area contributed by atoms with Crippen LogP contribution in [0, 0.1) is 0 Å². The van der Waals surface area contributed by atoms with Gasteiger partial charge in [-0.15, -0.1) is 0 Å². The van der Waals surface area contributed by atoms with Crippen LogP contribution in [-0.4, -0.2) is 29.7 Å². The van der Waals surface area contributed by atoms with E-state index in [1.807, 2.05) is 0 Å². The van der Waals surface area contributed by atoms with Gasteiger partial charge in [0.15, 0.2) is 0 Å². The molecule has 0 saturated carbocycles. The average molecular weight is 308 g/mol. The zero-order chi connectivity index (χ0) is 14.7. The van der Waals surface area contributed by atoms with Crippen molar-refractivity contribution in [3.8, 4) is 5.75 Å². The number of nitrogens with one attached hydrogen (secondary N) is 1. The highest BCUT2D eigenvalue weighted by atomic mass is 32.2. The van der Waals surface area contributed by atoms with Gasteiger partial charge in [-0.1, -0.05) is 6.07 Å². The smallest absolute Gasteiger partial charge is 0.241 e. The standard InChI is InChI=1S/C10H16N2O5S2/c1-3-18(13,14)12-7-8-4-5-9(17-2)10(6-8)19(11,15)16/h4-6,12H,3,7H2,1-2H3,(H2,11,15,16). The van der Waals surface area contributed by atoms with E-state index < -0.39 is 20.0 Å². The van der Waals surface area contributed by atoms with E-state index in [4.69, 9.17) is 9.88 Å². The maximum Gasteiger partial charge on any atom is 0.241 e. The molecule has 0 amide bonds. The quantitative estimate of drug-likeness (QED) is 0.754. The fourth-order valence-electron chi connectivity index (χ4n) is 1.35. The van der Waals surface area contributed by atoms with Crippen molar-refractivity contribution in [3.63, 3.8) is 0 Å². The lowest BCUT2D eigenvalue weighted by atomic mass is 10.2. The Bertz CT molecular complexity index is 652. The third-order valence-electron chi connectivity index (χ3n) is 2.41. The number of rotatable bonds is 6. The molecule has 0 aliphatic rings. The van der Waals surface area contributed by atoms with E-state index >= 15 is 0 Å². The number of methoxy groups -OCH3 is 1. The highest BCUT2D eigenvalue weighted by molar-refractivity contribution is 7.89. The normalized spacial score (nSPS) is 12.4. The van der Waals surface area contributed by atoms with Gasteiger partial charge in [0.25, 0.3) is 0 Å². The molecule has 9 heteroatoms. The molecule has 0 unspecified atom stereocenters. The molecule has 0 saturated heterocycles. The predicted molar refractivity (Wildman–Crippen MR) is 70.7 cm³/mol. The zero-order valence-electron chi connectivity index (χ0n) is 10.6. The molecule has 19 heavy (non-hydrogen) atoms. The molecule has 3 N–H and O–H groups in total. The van der Waals surface area contributed by atoms with Crippen molar-refractivity contribution in [2.75, 3.05) is 12.9 Å². The third-order valence-corrected chi connectivity index (χ3v) is 4.69. The number of ether oxygens (including phenoxy) is 1. The van der Waals surface area contributed by atoms with Crippen molar-refractivity contribution < 1.29 is 21.6 Å². The molecular weight excluding hydrogens is 292 g/mol. The lowest BCUT2D eigenvalue weighted by Gasteiger charge is -2.09. The molecule has 0 fully saturated rings. The minimum Gasteiger partial charge on any atom is -0.495 e.